The van der Waals surface area contributed by atoms with Gasteiger partial charge in [0.1, 0.15) is 5.75 Å². The molecule has 0 heterocycles. The van der Waals surface area contributed by atoms with Gasteiger partial charge in [-0.1, -0.05) is 35.9 Å². The van der Waals surface area contributed by atoms with Gasteiger partial charge in [-0.15, -0.1) is 0 Å². The van der Waals surface area contributed by atoms with Gasteiger partial charge in [-0.05, 0) is 35.7 Å². The average molecular weight is 248 g/mol. The number of anilines is 1. The Morgan fingerprint density at radius 3 is 2.65 bits per heavy atom. The molecule has 2 aromatic rings. The first kappa shape index (κ1) is 11.8. The van der Waals surface area contributed by atoms with Crippen molar-refractivity contribution >= 4 is 17.3 Å². The van der Waals surface area contributed by atoms with Crippen LogP contribution in [0.4, 0.5) is 5.69 Å². The smallest absolute Gasteiger partial charge is 0.142 e. The summed E-state index contributed by atoms with van der Waals surface area (Å²) in [5.74, 6) is 0.713. The van der Waals surface area contributed by atoms with Crippen LogP contribution in [0.25, 0.3) is 0 Å². The van der Waals surface area contributed by atoms with Crippen LogP contribution >= 0.6 is 11.6 Å². The van der Waals surface area contributed by atoms with E-state index in [0.29, 0.717) is 11.4 Å². The van der Waals surface area contributed by atoms with E-state index in [0.717, 1.165) is 22.6 Å². The highest BCUT2D eigenvalue weighted by atomic mass is 35.5. The summed E-state index contributed by atoms with van der Waals surface area (Å²) in [5, 5.41) is 0.740. The highest BCUT2D eigenvalue weighted by Crippen LogP contribution is 2.27. The van der Waals surface area contributed by atoms with E-state index < -0.39 is 0 Å². The molecular formula is C14H14ClNO. The molecular weight excluding hydrogens is 234 g/mol. The van der Waals surface area contributed by atoms with Crippen molar-refractivity contribution in [1.82, 2.24) is 0 Å². The minimum Gasteiger partial charge on any atom is -0.495 e. The van der Waals surface area contributed by atoms with E-state index in [2.05, 4.69) is 0 Å². The van der Waals surface area contributed by atoms with E-state index in [-0.39, 0.29) is 0 Å². The average Bonchev–Trinajstić information content (AvgIpc) is 2.32. The second kappa shape index (κ2) is 5.11. The fraction of sp³-hybridized carbons (Fsp3) is 0.143. The van der Waals surface area contributed by atoms with Crippen molar-refractivity contribution in [2.24, 2.45) is 0 Å². The van der Waals surface area contributed by atoms with Crippen LogP contribution in [0.15, 0.2) is 42.5 Å². The first-order chi connectivity index (χ1) is 8.20. The monoisotopic (exact) mass is 247 g/mol. The van der Waals surface area contributed by atoms with Gasteiger partial charge in [0.25, 0.3) is 0 Å². The minimum absolute atomic E-state index is 0.690. The Bertz CT molecular complexity index is 525. The molecule has 0 aliphatic rings. The summed E-state index contributed by atoms with van der Waals surface area (Å²) >= 11 is 5.95. The number of hydrogen-bond donors (Lipinski definition) is 1. The van der Waals surface area contributed by atoms with E-state index in [4.69, 9.17) is 22.1 Å². The number of rotatable bonds is 3. The summed E-state index contributed by atoms with van der Waals surface area (Å²) in [4.78, 5) is 0. The number of para-hydroxylation sites is 1. The molecule has 0 aromatic heterocycles. The molecule has 0 saturated carbocycles. The standard InChI is InChI=1S/C14H14ClNO/c1-17-13-7-3-5-11(14(13)16)8-10-4-2-6-12(15)9-10/h2-7,9H,8,16H2,1H3. The molecule has 2 aromatic carbocycles. The van der Waals surface area contributed by atoms with E-state index in [1.54, 1.807) is 7.11 Å². The van der Waals surface area contributed by atoms with Gasteiger partial charge in [0.2, 0.25) is 0 Å². The molecule has 17 heavy (non-hydrogen) atoms. The molecule has 2 rings (SSSR count). The Labute approximate surface area is 106 Å². The zero-order chi connectivity index (χ0) is 12.3. The van der Waals surface area contributed by atoms with Crippen LogP contribution in [-0.2, 0) is 6.42 Å². The SMILES string of the molecule is COc1cccc(Cc2cccc(Cl)c2)c1N. The maximum Gasteiger partial charge on any atom is 0.142 e. The summed E-state index contributed by atoms with van der Waals surface area (Å²) in [6.45, 7) is 0. The van der Waals surface area contributed by atoms with Crippen LogP contribution in [0.1, 0.15) is 11.1 Å². The molecule has 0 fully saturated rings. The third-order valence-corrected chi connectivity index (χ3v) is 2.90. The minimum atomic E-state index is 0.690. The summed E-state index contributed by atoms with van der Waals surface area (Å²) in [6.07, 6.45) is 0.754. The molecule has 0 aliphatic heterocycles. The van der Waals surface area contributed by atoms with Crippen molar-refractivity contribution in [2.75, 3.05) is 12.8 Å². The van der Waals surface area contributed by atoms with Gasteiger partial charge in [-0.3, -0.25) is 0 Å². The summed E-state index contributed by atoms with van der Waals surface area (Å²) in [7, 11) is 1.62. The Balaban J connectivity index is 2.30. The number of ether oxygens (including phenoxy) is 1. The predicted molar refractivity (Wildman–Crippen MR) is 71.7 cm³/mol. The van der Waals surface area contributed by atoms with Gasteiger partial charge >= 0.3 is 0 Å². The number of hydrogen-bond acceptors (Lipinski definition) is 2. The fourth-order valence-corrected chi connectivity index (χ4v) is 2.00. The van der Waals surface area contributed by atoms with Crippen LogP contribution < -0.4 is 10.5 Å². The molecule has 88 valence electrons. The number of halogens is 1. The first-order valence-corrected chi connectivity index (χ1v) is 5.74. The molecule has 0 unspecified atom stereocenters. The number of benzene rings is 2. The molecule has 0 saturated heterocycles. The van der Waals surface area contributed by atoms with Gasteiger partial charge < -0.3 is 10.5 Å². The van der Waals surface area contributed by atoms with Crippen molar-refractivity contribution in [3.05, 3.63) is 58.6 Å². The molecule has 0 amide bonds. The van der Waals surface area contributed by atoms with Crippen LogP contribution in [0.3, 0.4) is 0 Å². The number of nitrogens with two attached hydrogens (primary N) is 1. The maximum absolute atomic E-state index is 6.02. The molecule has 3 heteroatoms. The van der Waals surface area contributed by atoms with Crippen LogP contribution in [-0.4, -0.2) is 7.11 Å². The summed E-state index contributed by atoms with van der Waals surface area (Å²) < 4.78 is 5.20. The van der Waals surface area contributed by atoms with E-state index in [1.165, 1.54) is 0 Å². The Morgan fingerprint density at radius 1 is 1.18 bits per heavy atom. The first-order valence-electron chi connectivity index (χ1n) is 5.36. The van der Waals surface area contributed by atoms with E-state index in [9.17, 15) is 0 Å². The Kier molecular flexibility index (Phi) is 3.55. The third kappa shape index (κ3) is 2.71. The zero-order valence-electron chi connectivity index (χ0n) is 9.61. The quantitative estimate of drug-likeness (QED) is 0.843. The molecule has 2 N–H and O–H groups in total. The van der Waals surface area contributed by atoms with Gasteiger partial charge in [-0.25, -0.2) is 0 Å². The van der Waals surface area contributed by atoms with Crippen molar-refractivity contribution < 1.29 is 4.74 Å². The van der Waals surface area contributed by atoms with Crippen molar-refractivity contribution in [2.45, 2.75) is 6.42 Å². The lowest BCUT2D eigenvalue weighted by Gasteiger charge is -2.10. The van der Waals surface area contributed by atoms with Gasteiger partial charge in [0.05, 0.1) is 12.8 Å². The predicted octanol–water partition coefficient (Wildman–Crippen LogP) is 3.52. The Morgan fingerprint density at radius 2 is 1.94 bits per heavy atom. The topological polar surface area (TPSA) is 35.2 Å². The van der Waals surface area contributed by atoms with Crippen LogP contribution in [0.5, 0.6) is 5.75 Å². The highest BCUT2D eigenvalue weighted by Gasteiger charge is 2.05. The van der Waals surface area contributed by atoms with Crippen LogP contribution in [0, 0.1) is 0 Å². The van der Waals surface area contributed by atoms with Gasteiger partial charge in [-0.2, -0.15) is 0 Å². The molecule has 2 nitrogen and oxygen atoms in total. The second-order valence-electron chi connectivity index (χ2n) is 3.84. The molecule has 0 bridgehead atoms. The summed E-state index contributed by atoms with van der Waals surface area (Å²) in [6, 6.07) is 13.6. The lowest BCUT2D eigenvalue weighted by Crippen LogP contribution is -1.98. The van der Waals surface area contributed by atoms with E-state index >= 15 is 0 Å². The molecule has 0 radical (unpaired) electrons. The molecule has 0 atom stereocenters. The normalized spacial score (nSPS) is 10.2. The maximum atomic E-state index is 6.02. The zero-order valence-corrected chi connectivity index (χ0v) is 10.4. The summed E-state index contributed by atoms with van der Waals surface area (Å²) in [5.41, 5.74) is 8.90. The van der Waals surface area contributed by atoms with Crippen molar-refractivity contribution in [1.29, 1.82) is 0 Å². The number of nitrogen functional groups attached to an aromatic ring is 1. The Hall–Kier alpha value is -1.67. The van der Waals surface area contributed by atoms with Gasteiger partial charge in [0, 0.05) is 5.02 Å². The van der Waals surface area contributed by atoms with Crippen molar-refractivity contribution in [3.63, 3.8) is 0 Å². The fourth-order valence-electron chi connectivity index (χ4n) is 1.79. The molecule has 0 aliphatic carbocycles. The lowest BCUT2D eigenvalue weighted by atomic mass is 10.0. The lowest BCUT2D eigenvalue weighted by molar-refractivity contribution is 0.416. The number of methoxy groups -OCH3 is 1. The largest absolute Gasteiger partial charge is 0.495 e. The molecule has 0 spiro atoms. The van der Waals surface area contributed by atoms with Crippen LogP contribution in [0.2, 0.25) is 5.02 Å². The van der Waals surface area contributed by atoms with E-state index in [1.807, 2.05) is 42.5 Å². The van der Waals surface area contributed by atoms with Gasteiger partial charge in [0.15, 0.2) is 0 Å². The highest BCUT2D eigenvalue weighted by molar-refractivity contribution is 6.30. The second-order valence-corrected chi connectivity index (χ2v) is 4.28. The van der Waals surface area contributed by atoms with Crippen molar-refractivity contribution in [3.8, 4) is 5.75 Å². The third-order valence-electron chi connectivity index (χ3n) is 2.66.